The van der Waals surface area contributed by atoms with Gasteiger partial charge in [-0.3, -0.25) is 19.3 Å². The molecule has 1 aromatic carbocycles. The number of benzene rings is 1. The summed E-state index contributed by atoms with van der Waals surface area (Å²) in [4.78, 5) is 90.0. The largest absolute Gasteiger partial charge is 0.467 e. The Bertz CT molecular complexity index is 2290. The molecule has 376 valence electrons. The van der Waals surface area contributed by atoms with Crippen LogP contribution in [0.25, 0.3) is 0 Å². The fraction of sp³-hybridized carbons (Fsp3) is 0.647. The molecule has 1 unspecified atom stereocenters. The summed E-state index contributed by atoms with van der Waals surface area (Å²) in [6, 6.07) is 9.59. The van der Waals surface area contributed by atoms with Gasteiger partial charge in [-0.2, -0.15) is 0 Å². The molecule has 2 aromatic rings. The molecule has 5 fully saturated rings. The molecular formula is C51H67N3O15. The molecule has 1 aromatic heterocycles. The molecule has 4 N–H and O–H groups in total. The van der Waals surface area contributed by atoms with Gasteiger partial charge in [0.15, 0.2) is 23.6 Å². The molecular weight excluding hydrogens is 895 g/mol. The number of esters is 3. The number of carbonyl (C=O) groups excluding carboxylic acids is 6. The zero-order valence-electron chi connectivity index (χ0n) is 40.3. The van der Waals surface area contributed by atoms with Gasteiger partial charge in [0.25, 0.3) is 0 Å². The Morgan fingerprint density at radius 3 is 2.25 bits per heavy atom. The van der Waals surface area contributed by atoms with Gasteiger partial charge in [0.1, 0.15) is 35.7 Å². The van der Waals surface area contributed by atoms with Crippen molar-refractivity contribution in [3.8, 4) is 0 Å². The lowest BCUT2D eigenvalue weighted by Gasteiger charge is -2.67. The van der Waals surface area contributed by atoms with Crippen LogP contribution in [0, 0.1) is 22.7 Å². The predicted octanol–water partition coefficient (Wildman–Crippen LogP) is 4.20. The van der Waals surface area contributed by atoms with Crippen LogP contribution in [0.2, 0.25) is 0 Å². The Labute approximate surface area is 402 Å². The van der Waals surface area contributed by atoms with Gasteiger partial charge in [0.2, 0.25) is 5.91 Å². The molecule has 11 atom stereocenters. The van der Waals surface area contributed by atoms with Crippen LogP contribution in [-0.2, 0) is 42.9 Å². The Morgan fingerprint density at radius 2 is 1.64 bits per heavy atom. The highest BCUT2D eigenvalue weighted by Gasteiger charge is 2.78. The highest BCUT2D eigenvalue weighted by Crippen LogP contribution is 2.64. The third-order valence-corrected chi connectivity index (χ3v) is 16.2. The topological polar surface area (TPSA) is 241 Å². The van der Waals surface area contributed by atoms with E-state index in [-0.39, 0.29) is 60.4 Å². The maximum atomic E-state index is 16.1. The fourth-order valence-corrected chi connectivity index (χ4v) is 12.3. The Morgan fingerprint density at radius 1 is 0.942 bits per heavy atom. The second-order valence-electron chi connectivity index (χ2n) is 20.6. The lowest BCUT2D eigenvalue weighted by molar-refractivity contribution is -0.345. The van der Waals surface area contributed by atoms with Gasteiger partial charge in [-0.1, -0.05) is 58.2 Å². The normalized spacial score (nSPS) is 33.2. The summed E-state index contributed by atoms with van der Waals surface area (Å²) < 4.78 is 36.8. The highest BCUT2D eigenvalue weighted by molar-refractivity contribution is 5.96. The molecule has 8 rings (SSSR count). The van der Waals surface area contributed by atoms with Crippen LogP contribution in [0.3, 0.4) is 0 Å². The van der Waals surface area contributed by atoms with Gasteiger partial charge in [0, 0.05) is 57.3 Å². The van der Waals surface area contributed by atoms with Gasteiger partial charge < -0.3 is 53.6 Å². The van der Waals surface area contributed by atoms with E-state index < -0.39 is 107 Å². The molecule has 69 heavy (non-hydrogen) atoms. The standard InChI is InChI=1S/C51H67N3O15/c1-7-20-53-21-23-54(24-22-53)47(62)67-40-37-29(2)34(66-46(61)39(57)38(33-19-14-25-64-33)52-44(59)31-15-10-8-11-16-31)27-51(63,48(37,4)5)43(68-45(60)32-17-12-9-13-18-32)41-49(6,42(40)58)35(56)26-36-50(41,28-65-36)69-30(3)55/h9,12-14,17-19,25,31,34-36,38-41,43,56-57,63H,7-8,10-11,15-16,20-24,26-28H2,1-6H3,(H,52,59)/t34-,35-,36+,38+,39+,40+,41?,43-,49+,50-,51+/m0/s1. The molecule has 2 bridgehead atoms. The minimum absolute atomic E-state index is 0.0147. The molecule has 0 spiro atoms. The number of carbonyl (C=O) groups is 6. The van der Waals surface area contributed by atoms with E-state index in [0.717, 1.165) is 32.2 Å². The first kappa shape index (κ1) is 50.3. The molecule has 3 heterocycles. The van der Waals surface area contributed by atoms with E-state index in [4.69, 9.17) is 28.1 Å². The average molecular weight is 962 g/mol. The smallest absolute Gasteiger partial charge is 0.410 e. The van der Waals surface area contributed by atoms with E-state index in [2.05, 4.69) is 17.1 Å². The molecule has 6 aliphatic rings. The summed E-state index contributed by atoms with van der Waals surface area (Å²) in [6.07, 6.45) is -5.23. The van der Waals surface area contributed by atoms with Crippen LogP contribution in [0.4, 0.5) is 4.79 Å². The number of ether oxygens (including phenoxy) is 5. The van der Waals surface area contributed by atoms with Crippen molar-refractivity contribution in [1.29, 1.82) is 0 Å². The number of nitrogens with one attached hydrogen (secondary N) is 1. The predicted molar refractivity (Wildman–Crippen MR) is 244 cm³/mol. The quantitative estimate of drug-likeness (QED) is 0.132. The third kappa shape index (κ3) is 8.89. The summed E-state index contributed by atoms with van der Waals surface area (Å²) in [5.74, 6) is -5.97. The number of piperazine rings is 1. The molecule has 2 amide bonds. The second kappa shape index (κ2) is 19.6. The van der Waals surface area contributed by atoms with E-state index in [9.17, 15) is 39.3 Å². The van der Waals surface area contributed by atoms with Crippen molar-refractivity contribution in [2.75, 3.05) is 39.3 Å². The average Bonchev–Trinajstić information content (AvgIpc) is 3.87. The molecule has 2 saturated heterocycles. The maximum absolute atomic E-state index is 16.1. The number of hydrogen-bond donors (Lipinski definition) is 4. The summed E-state index contributed by atoms with van der Waals surface area (Å²) in [6.45, 7) is 11.6. The third-order valence-electron chi connectivity index (χ3n) is 16.2. The SMILES string of the molecule is CCCN1CCN(C(=O)O[C@H]2C(=O)[C@@]3(C)C([C@H](OC(=O)c4ccccc4)[C@]4(O)C[C@H](OC(=O)[C@H](O)[C@H](NC(=O)C5CCCCC5)c5ccco5)C(C)=C2C4(C)C)[C@]2(OC(C)=O)CO[C@@H]2C[C@@H]3O)CC1. The molecule has 2 aliphatic heterocycles. The number of furan rings is 1. The van der Waals surface area contributed by atoms with Crippen LogP contribution < -0.4 is 5.32 Å². The summed E-state index contributed by atoms with van der Waals surface area (Å²) >= 11 is 0. The first-order chi connectivity index (χ1) is 32.8. The number of aliphatic hydroxyl groups excluding tert-OH is 2. The minimum Gasteiger partial charge on any atom is -0.467 e. The Kier molecular flexibility index (Phi) is 14.3. The van der Waals surface area contributed by atoms with E-state index in [1.165, 1.54) is 43.2 Å². The first-order valence-corrected chi connectivity index (χ1v) is 24.4. The van der Waals surface area contributed by atoms with Crippen molar-refractivity contribution in [2.24, 2.45) is 22.7 Å². The van der Waals surface area contributed by atoms with Crippen molar-refractivity contribution < 1.29 is 72.2 Å². The number of aliphatic hydroxyl groups is 3. The number of nitrogens with zero attached hydrogens (tertiary/aromatic N) is 2. The van der Waals surface area contributed by atoms with Crippen LogP contribution in [0.15, 0.2) is 64.3 Å². The van der Waals surface area contributed by atoms with Gasteiger partial charge in [-0.15, -0.1) is 0 Å². The minimum atomic E-state index is -2.41. The highest BCUT2D eigenvalue weighted by atomic mass is 16.6. The number of Topliss-reactive ketones (excluding diaryl/α,β-unsaturated/α-hetero) is 1. The van der Waals surface area contributed by atoms with Crippen molar-refractivity contribution >= 4 is 35.7 Å². The van der Waals surface area contributed by atoms with Gasteiger partial charge in [-0.05, 0) is 75.1 Å². The Hall–Kier alpha value is -5.14. The molecule has 3 saturated carbocycles. The Balaban J connectivity index is 1.26. The van der Waals surface area contributed by atoms with Crippen molar-refractivity contribution in [3.05, 3.63) is 71.2 Å². The van der Waals surface area contributed by atoms with Gasteiger partial charge in [-0.25, -0.2) is 14.4 Å². The van der Waals surface area contributed by atoms with E-state index in [1.54, 1.807) is 45.0 Å². The summed E-state index contributed by atoms with van der Waals surface area (Å²) in [7, 11) is 0. The number of ketones is 1. The van der Waals surface area contributed by atoms with Crippen molar-refractivity contribution in [3.63, 3.8) is 0 Å². The van der Waals surface area contributed by atoms with E-state index in [1.807, 2.05) is 0 Å². The van der Waals surface area contributed by atoms with E-state index >= 15 is 4.79 Å². The second-order valence-corrected chi connectivity index (χ2v) is 20.6. The molecule has 18 nitrogen and oxygen atoms in total. The first-order valence-electron chi connectivity index (χ1n) is 24.4. The summed E-state index contributed by atoms with van der Waals surface area (Å²) in [5.41, 5.74) is -7.70. The van der Waals surface area contributed by atoms with Crippen LogP contribution in [-0.4, -0.2) is 148 Å². The van der Waals surface area contributed by atoms with Crippen LogP contribution in [0.5, 0.6) is 0 Å². The zero-order chi connectivity index (χ0) is 49.6. The number of hydrogen-bond acceptors (Lipinski definition) is 16. The fourth-order valence-electron chi connectivity index (χ4n) is 12.3. The van der Waals surface area contributed by atoms with Crippen LogP contribution in [0.1, 0.15) is 115 Å². The lowest BCUT2D eigenvalue weighted by Crippen LogP contribution is -2.82. The van der Waals surface area contributed by atoms with Gasteiger partial charge >= 0.3 is 24.0 Å². The van der Waals surface area contributed by atoms with Crippen molar-refractivity contribution in [2.45, 2.75) is 147 Å². The number of rotatable bonds is 12. The van der Waals surface area contributed by atoms with Crippen molar-refractivity contribution in [1.82, 2.24) is 15.1 Å². The molecule has 0 radical (unpaired) electrons. The maximum Gasteiger partial charge on any atom is 0.410 e. The monoisotopic (exact) mass is 961 g/mol. The lowest BCUT2D eigenvalue weighted by atomic mass is 9.44. The van der Waals surface area contributed by atoms with Crippen LogP contribution >= 0.6 is 0 Å². The number of amides is 2. The number of fused-ring (bicyclic) bond motifs is 5. The van der Waals surface area contributed by atoms with E-state index in [0.29, 0.717) is 25.9 Å². The summed E-state index contributed by atoms with van der Waals surface area (Å²) in [5, 5.41) is 41.0. The molecule has 4 aliphatic carbocycles. The van der Waals surface area contributed by atoms with Gasteiger partial charge in [0.05, 0.1) is 35.9 Å². The zero-order valence-corrected chi connectivity index (χ0v) is 40.3. The molecule has 18 heteroatoms.